The quantitative estimate of drug-likeness (QED) is 0.677. The second kappa shape index (κ2) is 6.00. The largest absolute Gasteiger partial charge is 0.478 e. The van der Waals surface area contributed by atoms with E-state index in [1.165, 1.54) is 18.2 Å². The van der Waals surface area contributed by atoms with Crippen LogP contribution in [0.1, 0.15) is 26.4 Å². The first kappa shape index (κ1) is 15.5. The number of aromatic nitrogens is 1. The minimum Gasteiger partial charge on any atom is -0.478 e. The van der Waals surface area contributed by atoms with E-state index in [4.69, 9.17) is 5.11 Å². The monoisotopic (exact) mass is 322 g/mol. The van der Waals surface area contributed by atoms with Crippen LogP contribution in [0.15, 0.2) is 48.5 Å². The van der Waals surface area contributed by atoms with Crippen molar-refractivity contribution < 1.29 is 19.8 Å². The highest BCUT2D eigenvalue weighted by molar-refractivity contribution is 6.06. The number of carbonyl (C=O) groups is 2. The zero-order valence-electron chi connectivity index (χ0n) is 12.8. The molecule has 120 valence electrons. The van der Waals surface area contributed by atoms with Crippen LogP contribution in [0, 0.1) is 6.92 Å². The van der Waals surface area contributed by atoms with Gasteiger partial charge >= 0.3 is 11.9 Å². The molecular weight excluding hydrogens is 308 g/mol. The van der Waals surface area contributed by atoms with Crippen molar-refractivity contribution in [1.82, 2.24) is 4.98 Å². The van der Waals surface area contributed by atoms with Crippen LogP contribution < -0.4 is 5.32 Å². The third-order valence-electron chi connectivity index (χ3n) is 3.61. The van der Waals surface area contributed by atoms with E-state index in [0.717, 1.165) is 0 Å². The van der Waals surface area contributed by atoms with Crippen molar-refractivity contribution >= 4 is 34.2 Å². The predicted molar refractivity (Wildman–Crippen MR) is 90.1 cm³/mol. The Morgan fingerprint density at radius 2 is 1.71 bits per heavy atom. The molecule has 0 atom stereocenters. The normalized spacial score (nSPS) is 10.5. The third kappa shape index (κ3) is 2.89. The van der Waals surface area contributed by atoms with Gasteiger partial charge in [-0.15, -0.1) is 0 Å². The van der Waals surface area contributed by atoms with Gasteiger partial charge in [-0.2, -0.15) is 0 Å². The lowest BCUT2D eigenvalue weighted by atomic mass is 10.1. The van der Waals surface area contributed by atoms with Crippen LogP contribution in [0.25, 0.3) is 10.9 Å². The van der Waals surface area contributed by atoms with Crippen molar-refractivity contribution in [3.05, 3.63) is 65.4 Å². The van der Waals surface area contributed by atoms with E-state index >= 15 is 0 Å². The van der Waals surface area contributed by atoms with Crippen LogP contribution in [0.4, 0.5) is 11.4 Å². The number of para-hydroxylation sites is 1. The molecule has 1 heterocycles. The standard InChI is InChI=1S/C18H14N2O4/c1-10-9-15(20-12-7-5-11(6-8-12)17(21)22)13-3-2-4-14(18(23)24)16(13)19-10/h2-9H,1H3,(H,19,20)(H,21,22)(H,23,24). The molecule has 1 aromatic heterocycles. The lowest BCUT2D eigenvalue weighted by Gasteiger charge is -2.12. The Balaban J connectivity index is 2.07. The first-order chi connectivity index (χ1) is 11.5. The summed E-state index contributed by atoms with van der Waals surface area (Å²) in [6.45, 7) is 1.79. The fourth-order valence-corrected chi connectivity index (χ4v) is 2.50. The van der Waals surface area contributed by atoms with E-state index in [9.17, 15) is 14.7 Å². The second-order valence-electron chi connectivity index (χ2n) is 5.33. The molecule has 6 heteroatoms. The topological polar surface area (TPSA) is 99.5 Å². The van der Waals surface area contributed by atoms with Crippen molar-refractivity contribution in [2.24, 2.45) is 0 Å². The summed E-state index contributed by atoms with van der Waals surface area (Å²) >= 11 is 0. The number of carboxylic acid groups (broad SMARTS) is 2. The molecule has 2 aromatic carbocycles. The molecule has 3 N–H and O–H groups in total. The van der Waals surface area contributed by atoms with Crippen LogP contribution >= 0.6 is 0 Å². The van der Waals surface area contributed by atoms with E-state index in [1.807, 2.05) is 6.07 Å². The van der Waals surface area contributed by atoms with Gasteiger partial charge in [-0.25, -0.2) is 9.59 Å². The minimum atomic E-state index is -1.03. The van der Waals surface area contributed by atoms with Crippen LogP contribution in [0.5, 0.6) is 0 Å². The van der Waals surface area contributed by atoms with E-state index in [1.54, 1.807) is 31.2 Å². The van der Waals surface area contributed by atoms with Crippen molar-refractivity contribution in [3.63, 3.8) is 0 Å². The minimum absolute atomic E-state index is 0.139. The zero-order valence-corrected chi connectivity index (χ0v) is 12.8. The predicted octanol–water partition coefficient (Wildman–Crippen LogP) is 3.68. The van der Waals surface area contributed by atoms with Gasteiger partial charge in [0, 0.05) is 22.5 Å². The summed E-state index contributed by atoms with van der Waals surface area (Å²) in [5.41, 5.74) is 2.84. The van der Waals surface area contributed by atoms with Crippen molar-refractivity contribution in [3.8, 4) is 0 Å². The van der Waals surface area contributed by atoms with Gasteiger partial charge in [-0.1, -0.05) is 12.1 Å². The fraction of sp³-hybridized carbons (Fsp3) is 0.0556. The van der Waals surface area contributed by atoms with Gasteiger partial charge in [0.25, 0.3) is 0 Å². The number of rotatable bonds is 4. The van der Waals surface area contributed by atoms with Crippen LogP contribution in [-0.4, -0.2) is 27.1 Å². The van der Waals surface area contributed by atoms with Gasteiger partial charge in [0.15, 0.2) is 0 Å². The molecule has 0 aliphatic heterocycles. The number of hydrogen-bond acceptors (Lipinski definition) is 4. The van der Waals surface area contributed by atoms with Crippen molar-refractivity contribution in [2.45, 2.75) is 6.92 Å². The summed E-state index contributed by atoms with van der Waals surface area (Å²) < 4.78 is 0. The highest BCUT2D eigenvalue weighted by Gasteiger charge is 2.13. The molecule has 0 aliphatic carbocycles. The maximum atomic E-state index is 11.4. The molecule has 3 aromatic rings. The van der Waals surface area contributed by atoms with Crippen molar-refractivity contribution in [1.29, 1.82) is 0 Å². The molecule has 0 fully saturated rings. The molecule has 0 saturated heterocycles. The van der Waals surface area contributed by atoms with Gasteiger partial charge in [0.2, 0.25) is 0 Å². The zero-order chi connectivity index (χ0) is 17.3. The molecule has 0 spiro atoms. The number of anilines is 2. The Labute approximate surface area is 137 Å². The average Bonchev–Trinajstić information content (AvgIpc) is 2.54. The molecule has 0 bridgehead atoms. The number of aryl methyl sites for hydroxylation is 1. The Bertz CT molecular complexity index is 949. The van der Waals surface area contributed by atoms with Gasteiger partial charge in [0.1, 0.15) is 0 Å². The number of fused-ring (bicyclic) bond motifs is 1. The highest BCUT2D eigenvalue weighted by atomic mass is 16.4. The highest BCUT2D eigenvalue weighted by Crippen LogP contribution is 2.28. The summed E-state index contributed by atoms with van der Waals surface area (Å²) in [5, 5.41) is 22.1. The van der Waals surface area contributed by atoms with Crippen LogP contribution in [0.2, 0.25) is 0 Å². The Morgan fingerprint density at radius 3 is 2.33 bits per heavy atom. The van der Waals surface area contributed by atoms with Crippen LogP contribution in [0.3, 0.4) is 0 Å². The fourth-order valence-electron chi connectivity index (χ4n) is 2.50. The first-order valence-corrected chi connectivity index (χ1v) is 7.20. The molecule has 0 unspecified atom stereocenters. The summed E-state index contributed by atoms with van der Waals surface area (Å²) in [6, 6.07) is 13.1. The third-order valence-corrected chi connectivity index (χ3v) is 3.61. The number of nitrogens with one attached hydrogen (secondary N) is 1. The number of aromatic carboxylic acids is 2. The molecule has 0 aliphatic rings. The smallest absolute Gasteiger partial charge is 0.337 e. The number of benzene rings is 2. The molecular formula is C18H14N2O4. The summed E-state index contributed by atoms with van der Waals surface area (Å²) in [5.74, 6) is -2.02. The van der Waals surface area contributed by atoms with Crippen LogP contribution in [-0.2, 0) is 0 Å². The molecule has 3 rings (SSSR count). The Kier molecular flexibility index (Phi) is 3.87. The molecule has 6 nitrogen and oxygen atoms in total. The lowest BCUT2D eigenvalue weighted by Crippen LogP contribution is -2.02. The van der Waals surface area contributed by atoms with E-state index in [-0.39, 0.29) is 11.1 Å². The lowest BCUT2D eigenvalue weighted by molar-refractivity contribution is 0.0687. The number of pyridine rings is 1. The van der Waals surface area contributed by atoms with Crippen molar-refractivity contribution in [2.75, 3.05) is 5.32 Å². The maximum Gasteiger partial charge on any atom is 0.337 e. The molecule has 0 saturated carbocycles. The number of nitrogens with zero attached hydrogens (tertiary/aromatic N) is 1. The molecule has 0 amide bonds. The Morgan fingerprint density at radius 1 is 1.00 bits per heavy atom. The van der Waals surface area contributed by atoms with Gasteiger partial charge in [-0.3, -0.25) is 4.98 Å². The number of hydrogen-bond donors (Lipinski definition) is 3. The maximum absolute atomic E-state index is 11.4. The summed E-state index contributed by atoms with van der Waals surface area (Å²) in [7, 11) is 0. The Hall–Kier alpha value is -3.41. The summed E-state index contributed by atoms with van der Waals surface area (Å²) in [4.78, 5) is 26.6. The average molecular weight is 322 g/mol. The van der Waals surface area contributed by atoms with E-state index in [2.05, 4.69) is 10.3 Å². The first-order valence-electron chi connectivity index (χ1n) is 7.20. The van der Waals surface area contributed by atoms with E-state index < -0.39 is 11.9 Å². The molecule has 0 radical (unpaired) electrons. The van der Waals surface area contributed by atoms with E-state index in [0.29, 0.717) is 28.0 Å². The number of carboxylic acids is 2. The van der Waals surface area contributed by atoms with Gasteiger partial charge in [0.05, 0.1) is 16.6 Å². The summed E-state index contributed by atoms with van der Waals surface area (Å²) in [6.07, 6.45) is 0. The van der Waals surface area contributed by atoms with Gasteiger partial charge in [-0.05, 0) is 43.3 Å². The second-order valence-corrected chi connectivity index (χ2v) is 5.33. The SMILES string of the molecule is Cc1cc(Nc2ccc(C(=O)O)cc2)c2cccc(C(=O)O)c2n1. The van der Waals surface area contributed by atoms with Gasteiger partial charge < -0.3 is 15.5 Å². The molecule has 24 heavy (non-hydrogen) atoms.